The smallest absolute Gasteiger partial charge is 0.138 e. The zero-order valence-electron chi connectivity index (χ0n) is 11.1. The Balaban J connectivity index is 2.04. The first kappa shape index (κ1) is 11.7. The van der Waals surface area contributed by atoms with E-state index in [4.69, 9.17) is 4.98 Å². The van der Waals surface area contributed by atoms with Gasteiger partial charge in [0.05, 0.1) is 5.69 Å². The maximum atomic E-state index is 4.72. The van der Waals surface area contributed by atoms with Gasteiger partial charge in [-0.05, 0) is 13.8 Å². The van der Waals surface area contributed by atoms with Crippen molar-refractivity contribution in [2.45, 2.75) is 13.8 Å². The third-order valence-corrected chi connectivity index (χ3v) is 3.26. The molecule has 94 valence electrons. The van der Waals surface area contributed by atoms with Gasteiger partial charge in [-0.3, -0.25) is 0 Å². The molecule has 0 saturated heterocycles. The van der Waals surface area contributed by atoms with Crippen molar-refractivity contribution >= 4 is 0 Å². The number of H-pyrrole nitrogens is 1. The molecule has 3 rings (SSSR count). The van der Waals surface area contributed by atoms with E-state index in [-0.39, 0.29) is 0 Å². The fourth-order valence-electron chi connectivity index (χ4n) is 2.19. The standard InChI is InChI=1S/C17H16N2/c1-12-8-10-15(11-9-12)17-18-13(2)16(19-17)14-6-4-3-5-7-14/h3-11H,1-2H3,(H,18,19). The molecular weight excluding hydrogens is 232 g/mol. The largest absolute Gasteiger partial charge is 0.342 e. The molecule has 0 fully saturated rings. The predicted octanol–water partition coefficient (Wildman–Crippen LogP) is 4.36. The average molecular weight is 248 g/mol. The van der Waals surface area contributed by atoms with Crippen LogP contribution in [0, 0.1) is 13.8 Å². The number of hydrogen-bond donors (Lipinski definition) is 1. The van der Waals surface area contributed by atoms with Gasteiger partial charge in [-0.2, -0.15) is 0 Å². The molecule has 0 aliphatic heterocycles. The maximum absolute atomic E-state index is 4.72. The average Bonchev–Trinajstić information content (AvgIpc) is 2.83. The summed E-state index contributed by atoms with van der Waals surface area (Å²) in [6.07, 6.45) is 0. The Morgan fingerprint density at radius 1 is 0.789 bits per heavy atom. The van der Waals surface area contributed by atoms with Gasteiger partial charge >= 0.3 is 0 Å². The molecule has 0 radical (unpaired) electrons. The summed E-state index contributed by atoms with van der Waals surface area (Å²) < 4.78 is 0. The molecule has 0 saturated carbocycles. The molecule has 1 aromatic heterocycles. The van der Waals surface area contributed by atoms with Crippen LogP contribution in [-0.2, 0) is 0 Å². The minimum absolute atomic E-state index is 0.927. The Hall–Kier alpha value is -2.35. The number of aryl methyl sites for hydroxylation is 2. The van der Waals surface area contributed by atoms with Gasteiger partial charge in [0.2, 0.25) is 0 Å². The maximum Gasteiger partial charge on any atom is 0.138 e. The van der Waals surface area contributed by atoms with Gasteiger partial charge in [-0.1, -0.05) is 60.2 Å². The molecule has 0 unspecified atom stereocenters. The van der Waals surface area contributed by atoms with Crippen LogP contribution in [0.5, 0.6) is 0 Å². The summed E-state index contributed by atoms with van der Waals surface area (Å²) in [5.41, 5.74) is 5.65. The van der Waals surface area contributed by atoms with Crippen LogP contribution in [-0.4, -0.2) is 9.97 Å². The Kier molecular flexibility index (Phi) is 2.92. The summed E-state index contributed by atoms with van der Waals surface area (Å²) in [4.78, 5) is 8.09. The van der Waals surface area contributed by atoms with Crippen LogP contribution >= 0.6 is 0 Å². The number of nitrogens with zero attached hydrogens (tertiary/aromatic N) is 1. The molecule has 19 heavy (non-hydrogen) atoms. The first-order valence-corrected chi connectivity index (χ1v) is 6.43. The monoisotopic (exact) mass is 248 g/mol. The minimum atomic E-state index is 0.927. The molecule has 0 atom stereocenters. The Morgan fingerprint density at radius 3 is 2.16 bits per heavy atom. The van der Waals surface area contributed by atoms with Gasteiger partial charge in [-0.25, -0.2) is 4.98 Å². The van der Waals surface area contributed by atoms with Gasteiger partial charge in [0.15, 0.2) is 0 Å². The van der Waals surface area contributed by atoms with Crippen molar-refractivity contribution in [2.75, 3.05) is 0 Å². The Labute approximate surface area is 113 Å². The number of benzene rings is 2. The highest BCUT2D eigenvalue weighted by atomic mass is 14.9. The number of rotatable bonds is 2. The van der Waals surface area contributed by atoms with Crippen molar-refractivity contribution < 1.29 is 0 Å². The highest BCUT2D eigenvalue weighted by molar-refractivity contribution is 5.67. The molecule has 2 aromatic carbocycles. The number of aromatic amines is 1. The van der Waals surface area contributed by atoms with Crippen molar-refractivity contribution in [3.05, 3.63) is 65.9 Å². The third-order valence-electron chi connectivity index (χ3n) is 3.26. The van der Waals surface area contributed by atoms with Crippen molar-refractivity contribution in [2.24, 2.45) is 0 Å². The van der Waals surface area contributed by atoms with Crippen LogP contribution in [0.2, 0.25) is 0 Å². The first-order chi connectivity index (χ1) is 9.24. The minimum Gasteiger partial charge on any atom is -0.342 e. The summed E-state index contributed by atoms with van der Waals surface area (Å²) in [7, 11) is 0. The van der Waals surface area contributed by atoms with Crippen LogP contribution in [0.4, 0.5) is 0 Å². The SMILES string of the molecule is Cc1ccc(-c2nc(-c3ccccc3)c(C)[nH]2)cc1. The van der Waals surface area contributed by atoms with E-state index in [0.717, 1.165) is 28.3 Å². The number of imidazole rings is 1. The summed E-state index contributed by atoms with van der Waals surface area (Å²) >= 11 is 0. The molecule has 2 heteroatoms. The molecule has 0 spiro atoms. The molecule has 3 aromatic rings. The summed E-state index contributed by atoms with van der Waals surface area (Å²) in [5, 5.41) is 0. The van der Waals surface area contributed by atoms with Crippen LogP contribution in [0.3, 0.4) is 0 Å². The van der Waals surface area contributed by atoms with Crippen molar-refractivity contribution in [3.8, 4) is 22.6 Å². The van der Waals surface area contributed by atoms with E-state index in [1.165, 1.54) is 5.56 Å². The fourth-order valence-corrected chi connectivity index (χ4v) is 2.19. The highest BCUT2D eigenvalue weighted by Gasteiger charge is 2.09. The summed E-state index contributed by atoms with van der Waals surface area (Å²) in [6.45, 7) is 4.15. The van der Waals surface area contributed by atoms with E-state index in [1.807, 2.05) is 18.2 Å². The molecule has 0 amide bonds. The van der Waals surface area contributed by atoms with Gasteiger partial charge in [0.25, 0.3) is 0 Å². The van der Waals surface area contributed by atoms with Gasteiger partial charge in [0, 0.05) is 16.8 Å². The molecule has 0 aliphatic rings. The lowest BCUT2D eigenvalue weighted by atomic mass is 10.1. The second-order valence-electron chi connectivity index (χ2n) is 4.79. The lowest BCUT2D eigenvalue weighted by Gasteiger charge is -1.97. The van der Waals surface area contributed by atoms with E-state index in [9.17, 15) is 0 Å². The van der Waals surface area contributed by atoms with Gasteiger partial charge in [-0.15, -0.1) is 0 Å². The van der Waals surface area contributed by atoms with Gasteiger partial charge < -0.3 is 4.98 Å². The van der Waals surface area contributed by atoms with E-state index in [1.54, 1.807) is 0 Å². The lowest BCUT2D eigenvalue weighted by Crippen LogP contribution is -1.81. The molecule has 2 nitrogen and oxygen atoms in total. The topological polar surface area (TPSA) is 28.7 Å². The molecule has 0 bridgehead atoms. The van der Waals surface area contributed by atoms with Crippen LogP contribution < -0.4 is 0 Å². The quantitative estimate of drug-likeness (QED) is 0.717. The zero-order chi connectivity index (χ0) is 13.2. The fraction of sp³-hybridized carbons (Fsp3) is 0.118. The number of hydrogen-bond acceptors (Lipinski definition) is 1. The van der Waals surface area contributed by atoms with E-state index >= 15 is 0 Å². The first-order valence-electron chi connectivity index (χ1n) is 6.43. The van der Waals surface area contributed by atoms with Crippen LogP contribution in [0.25, 0.3) is 22.6 Å². The Bertz CT molecular complexity index is 679. The molecule has 0 aliphatic carbocycles. The molecule has 1 heterocycles. The normalized spacial score (nSPS) is 10.6. The van der Waals surface area contributed by atoms with E-state index in [2.05, 4.69) is 55.2 Å². The number of nitrogens with one attached hydrogen (secondary N) is 1. The summed E-state index contributed by atoms with van der Waals surface area (Å²) in [5.74, 6) is 0.927. The van der Waals surface area contributed by atoms with E-state index < -0.39 is 0 Å². The Morgan fingerprint density at radius 2 is 1.47 bits per heavy atom. The van der Waals surface area contributed by atoms with Crippen molar-refractivity contribution in [3.63, 3.8) is 0 Å². The summed E-state index contributed by atoms with van der Waals surface area (Å²) in [6, 6.07) is 18.7. The van der Waals surface area contributed by atoms with Crippen LogP contribution in [0.1, 0.15) is 11.3 Å². The van der Waals surface area contributed by atoms with Crippen LogP contribution in [0.15, 0.2) is 54.6 Å². The van der Waals surface area contributed by atoms with Gasteiger partial charge in [0.1, 0.15) is 5.82 Å². The third kappa shape index (κ3) is 2.29. The molecular formula is C17H16N2. The lowest BCUT2D eigenvalue weighted by molar-refractivity contribution is 1.25. The van der Waals surface area contributed by atoms with Crippen molar-refractivity contribution in [1.29, 1.82) is 0 Å². The van der Waals surface area contributed by atoms with Crippen molar-refractivity contribution in [1.82, 2.24) is 9.97 Å². The second-order valence-corrected chi connectivity index (χ2v) is 4.79. The predicted molar refractivity (Wildman–Crippen MR) is 78.9 cm³/mol. The zero-order valence-corrected chi connectivity index (χ0v) is 11.1. The number of aromatic nitrogens is 2. The second kappa shape index (κ2) is 4.73. The molecule has 1 N–H and O–H groups in total. The highest BCUT2D eigenvalue weighted by Crippen LogP contribution is 2.25. The van der Waals surface area contributed by atoms with E-state index in [0.29, 0.717) is 0 Å².